The number of carbonyl (C=O) groups excluding carboxylic acids is 4. The Morgan fingerprint density at radius 3 is 2.29 bits per heavy atom. The molecule has 8 nitrogen and oxygen atoms in total. The van der Waals surface area contributed by atoms with Gasteiger partial charge < -0.3 is 20.4 Å². The molecule has 218 valence electrons. The first-order valence-electron chi connectivity index (χ1n) is 15.2. The van der Waals surface area contributed by atoms with E-state index in [0.717, 1.165) is 44.9 Å². The van der Waals surface area contributed by atoms with Crippen LogP contribution >= 0.6 is 0 Å². The van der Waals surface area contributed by atoms with E-state index >= 15 is 0 Å². The van der Waals surface area contributed by atoms with Gasteiger partial charge in [-0.2, -0.15) is 0 Å². The summed E-state index contributed by atoms with van der Waals surface area (Å²) in [5.41, 5.74) is 1.89. The fourth-order valence-corrected chi connectivity index (χ4v) is 6.94. The van der Waals surface area contributed by atoms with E-state index in [1.54, 1.807) is 54.2 Å². The van der Waals surface area contributed by atoms with Crippen molar-refractivity contribution < 1.29 is 19.2 Å². The number of amides is 4. The SMILES string of the molecule is CN1C(=O)[C@H](CC2CCCCC2)NC(=O)c2cc(NC(=O)[C@@H](C3CCCCC3)N(C)C(=O)c3ccccc3)ccc21. The molecule has 0 spiro atoms. The molecule has 1 heterocycles. The number of nitrogens with zero attached hydrogens (tertiary/aromatic N) is 2. The summed E-state index contributed by atoms with van der Waals surface area (Å²) < 4.78 is 0. The van der Waals surface area contributed by atoms with Crippen LogP contribution in [0.5, 0.6) is 0 Å². The molecule has 4 amide bonds. The first-order valence-corrected chi connectivity index (χ1v) is 15.2. The Bertz CT molecular complexity index is 1270. The first kappa shape index (κ1) is 28.8. The van der Waals surface area contributed by atoms with Gasteiger partial charge in [-0.3, -0.25) is 19.2 Å². The van der Waals surface area contributed by atoms with Gasteiger partial charge in [-0.25, -0.2) is 0 Å². The highest BCUT2D eigenvalue weighted by molar-refractivity contribution is 6.11. The van der Waals surface area contributed by atoms with Crippen LogP contribution in [-0.2, 0) is 9.59 Å². The van der Waals surface area contributed by atoms with Crippen LogP contribution in [0.1, 0.15) is 91.3 Å². The van der Waals surface area contributed by atoms with Crippen LogP contribution in [0.3, 0.4) is 0 Å². The second kappa shape index (κ2) is 12.9. The van der Waals surface area contributed by atoms with Crippen LogP contribution < -0.4 is 15.5 Å². The normalized spacial score (nSPS) is 20.9. The number of rotatable bonds is 7. The van der Waals surface area contributed by atoms with E-state index in [-0.39, 0.29) is 29.5 Å². The van der Waals surface area contributed by atoms with Gasteiger partial charge in [0, 0.05) is 25.3 Å². The lowest BCUT2D eigenvalue weighted by atomic mass is 9.82. The van der Waals surface area contributed by atoms with Crippen molar-refractivity contribution in [3.8, 4) is 0 Å². The third-order valence-corrected chi connectivity index (χ3v) is 9.22. The van der Waals surface area contributed by atoms with Crippen molar-refractivity contribution in [1.82, 2.24) is 10.2 Å². The molecule has 41 heavy (non-hydrogen) atoms. The summed E-state index contributed by atoms with van der Waals surface area (Å²) in [5, 5.41) is 5.98. The Balaban J connectivity index is 1.35. The minimum atomic E-state index is -0.639. The molecule has 2 aromatic carbocycles. The van der Waals surface area contributed by atoms with E-state index in [2.05, 4.69) is 10.6 Å². The zero-order chi connectivity index (χ0) is 28.9. The summed E-state index contributed by atoms with van der Waals surface area (Å²) in [6.45, 7) is 0. The van der Waals surface area contributed by atoms with Crippen molar-refractivity contribution in [2.75, 3.05) is 24.3 Å². The molecule has 0 aromatic heterocycles. The van der Waals surface area contributed by atoms with Crippen molar-refractivity contribution in [2.45, 2.75) is 82.7 Å². The molecule has 2 N–H and O–H groups in total. The lowest BCUT2D eigenvalue weighted by Gasteiger charge is -2.35. The number of fused-ring (bicyclic) bond motifs is 1. The Morgan fingerprint density at radius 2 is 1.61 bits per heavy atom. The molecule has 2 saturated carbocycles. The number of nitrogens with one attached hydrogen (secondary N) is 2. The van der Waals surface area contributed by atoms with E-state index in [1.165, 1.54) is 19.3 Å². The molecule has 2 atom stereocenters. The molecule has 0 saturated heterocycles. The maximum Gasteiger partial charge on any atom is 0.254 e. The first-order chi connectivity index (χ1) is 19.8. The number of hydrogen-bond donors (Lipinski definition) is 2. The molecule has 2 aromatic rings. The maximum absolute atomic E-state index is 13.8. The van der Waals surface area contributed by atoms with Crippen molar-refractivity contribution in [1.29, 1.82) is 0 Å². The van der Waals surface area contributed by atoms with Crippen LogP contribution in [-0.4, -0.2) is 54.7 Å². The molecule has 3 aliphatic rings. The third-order valence-electron chi connectivity index (χ3n) is 9.22. The molecule has 0 radical (unpaired) electrons. The van der Waals surface area contributed by atoms with E-state index in [4.69, 9.17) is 0 Å². The summed E-state index contributed by atoms with van der Waals surface area (Å²) in [5.74, 6) is -0.392. The molecule has 2 fully saturated rings. The molecule has 2 aliphatic carbocycles. The number of likely N-dealkylation sites (N-methyl/N-ethyl adjacent to an activating group) is 2. The van der Waals surface area contributed by atoms with Gasteiger partial charge in [0.1, 0.15) is 12.1 Å². The number of carbonyl (C=O) groups is 4. The highest BCUT2D eigenvalue weighted by Gasteiger charge is 2.37. The van der Waals surface area contributed by atoms with Crippen LogP contribution in [0.15, 0.2) is 48.5 Å². The second-order valence-electron chi connectivity index (χ2n) is 12.0. The topological polar surface area (TPSA) is 98.8 Å². The lowest BCUT2D eigenvalue weighted by molar-refractivity contribution is -0.122. The fraction of sp³-hybridized carbons (Fsp3) is 0.515. The van der Waals surface area contributed by atoms with E-state index in [9.17, 15) is 19.2 Å². The summed E-state index contributed by atoms with van der Waals surface area (Å²) in [4.78, 5) is 57.0. The lowest BCUT2D eigenvalue weighted by Crippen LogP contribution is -2.50. The van der Waals surface area contributed by atoms with E-state index in [1.807, 2.05) is 18.2 Å². The average molecular weight is 559 g/mol. The zero-order valence-electron chi connectivity index (χ0n) is 24.2. The quantitative estimate of drug-likeness (QED) is 0.476. The van der Waals surface area contributed by atoms with Crippen LogP contribution in [0, 0.1) is 11.8 Å². The standard InChI is InChI=1S/C33H42N4O4/c1-36-28-19-18-25(21-26(28)30(38)35-27(33(36)41)20-22-12-6-3-7-13-22)34-31(39)29(23-14-8-4-9-15-23)37(2)32(40)24-16-10-5-11-17-24/h5,10-11,16-19,21-23,27,29H,3-4,6-9,12-15,20H2,1-2H3,(H,34,39)(H,35,38)/t27-,29+/m0/s1. The fourth-order valence-electron chi connectivity index (χ4n) is 6.94. The van der Waals surface area contributed by atoms with E-state index in [0.29, 0.717) is 34.8 Å². The highest BCUT2D eigenvalue weighted by Crippen LogP contribution is 2.33. The minimum absolute atomic E-state index is 0.0508. The van der Waals surface area contributed by atoms with Gasteiger partial charge in [0.25, 0.3) is 11.8 Å². The smallest absolute Gasteiger partial charge is 0.254 e. The average Bonchev–Trinajstić information content (AvgIpc) is 3.08. The van der Waals surface area contributed by atoms with Crippen molar-refractivity contribution in [3.05, 3.63) is 59.7 Å². The predicted molar refractivity (Wildman–Crippen MR) is 160 cm³/mol. The molecular formula is C33H42N4O4. The number of anilines is 2. The van der Waals surface area contributed by atoms with Crippen LogP contribution in [0.25, 0.3) is 0 Å². The monoisotopic (exact) mass is 558 g/mol. The number of hydrogen-bond acceptors (Lipinski definition) is 4. The summed E-state index contributed by atoms with van der Waals surface area (Å²) in [6.07, 6.45) is 11.4. The Kier molecular flexibility index (Phi) is 9.06. The summed E-state index contributed by atoms with van der Waals surface area (Å²) >= 11 is 0. The Labute approximate surface area is 242 Å². The van der Waals surface area contributed by atoms with Crippen LogP contribution in [0.4, 0.5) is 11.4 Å². The van der Waals surface area contributed by atoms with Crippen molar-refractivity contribution in [2.24, 2.45) is 11.8 Å². The Morgan fingerprint density at radius 1 is 0.951 bits per heavy atom. The zero-order valence-corrected chi connectivity index (χ0v) is 24.2. The van der Waals surface area contributed by atoms with E-state index < -0.39 is 12.1 Å². The predicted octanol–water partition coefficient (Wildman–Crippen LogP) is 5.39. The minimum Gasteiger partial charge on any atom is -0.340 e. The summed E-state index contributed by atoms with van der Waals surface area (Å²) in [7, 11) is 3.41. The largest absolute Gasteiger partial charge is 0.340 e. The van der Waals surface area contributed by atoms with Gasteiger partial charge in [-0.05, 0) is 61.4 Å². The highest BCUT2D eigenvalue weighted by atomic mass is 16.2. The van der Waals surface area contributed by atoms with Crippen molar-refractivity contribution in [3.63, 3.8) is 0 Å². The van der Waals surface area contributed by atoms with Gasteiger partial charge >= 0.3 is 0 Å². The van der Waals surface area contributed by atoms with Crippen molar-refractivity contribution >= 4 is 35.0 Å². The van der Waals surface area contributed by atoms with Crippen LogP contribution in [0.2, 0.25) is 0 Å². The van der Waals surface area contributed by atoms with Gasteiger partial charge in [0.15, 0.2) is 0 Å². The molecule has 0 unspecified atom stereocenters. The maximum atomic E-state index is 13.8. The second-order valence-corrected chi connectivity index (χ2v) is 12.0. The van der Waals surface area contributed by atoms with Gasteiger partial charge in [0.05, 0.1) is 11.3 Å². The van der Waals surface area contributed by atoms with Gasteiger partial charge in [0.2, 0.25) is 11.8 Å². The van der Waals surface area contributed by atoms with Gasteiger partial charge in [-0.1, -0.05) is 69.6 Å². The third kappa shape index (κ3) is 6.47. The molecule has 0 bridgehead atoms. The molecular weight excluding hydrogens is 516 g/mol. The molecule has 5 rings (SSSR count). The Hall–Kier alpha value is -3.68. The summed E-state index contributed by atoms with van der Waals surface area (Å²) in [6, 6.07) is 12.9. The molecule has 8 heteroatoms. The number of benzene rings is 2. The van der Waals surface area contributed by atoms with Gasteiger partial charge in [-0.15, -0.1) is 0 Å². The molecule has 1 aliphatic heterocycles.